The van der Waals surface area contributed by atoms with Crippen LogP contribution in [0.15, 0.2) is 12.7 Å². The largest absolute Gasteiger partial charge is 0.465 e. The van der Waals surface area contributed by atoms with Crippen molar-refractivity contribution in [3.8, 4) is 0 Å². The van der Waals surface area contributed by atoms with Gasteiger partial charge in [-0.05, 0) is 13.8 Å². The molecule has 1 heterocycles. The maximum Gasteiger partial charge on any atom is 0.311 e. The van der Waals surface area contributed by atoms with Crippen LogP contribution in [0.4, 0.5) is 0 Å². The Balaban J connectivity index is 0. The van der Waals surface area contributed by atoms with E-state index in [-0.39, 0.29) is 11.9 Å². The van der Waals surface area contributed by atoms with Crippen molar-refractivity contribution >= 4 is 5.97 Å². The van der Waals surface area contributed by atoms with Gasteiger partial charge in [-0.3, -0.25) is 4.79 Å². The third-order valence-corrected chi connectivity index (χ3v) is 1.61. The minimum atomic E-state index is -0.494. The van der Waals surface area contributed by atoms with E-state index in [1.165, 1.54) is 0 Å². The summed E-state index contributed by atoms with van der Waals surface area (Å²) in [6, 6.07) is 0. The Morgan fingerprint density at radius 1 is 1.57 bits per heavy atom. The second kappa shape index (κ2) is 10.3. The van der Waals surface area contributed by atoms with E-state index in [0.29, 0.717) is 13.0 Å². The average molecular weight is 202 g/mol. The molecule has 1 aliphatic rings. The SMILES string of the molecule is C=CC.CC.CC1C(=O)OCC[C@H]1O. The first kappa shape index (κ1) is 15.6. The molecule has 1 rings (SSSR count). The van der Waals surface area contributed by atoms with Gasteiger partial charge in [-0.2, -0.15) is 0 Å². The molecule has 0 aromatic carbocycles. The van der Waals surface area contributed by atoms with E-state index in [2.05, 4.69) is 11.3 Å². The molecule has 14 heavy (non-hydrogen) atoms. The molecule has 1 N–H and O–H groups in total. The van der Waals surface area contributed by atoms with Crippen LogP contribution in [0, 0.1) is 5.92 Å². The fraction of sp³-hybridized carbons (Fsp3) is 0.727. The van der Waals surface area contributed by atoms with Gasteiger partial charge < -0.3 is 9.84 Å². The fourth-order valence-electron chi connectivity index (χ4n) is 0.819. The number of aliphatic hydroxyl groups is 1. The van der Waals surface area contributed by atoms with Gasteiger partial charge in [0.05, 0.1) is 18.6 Å². The van der Waals surface area contributed by atoms with E-state index in [9.17, 15) is 4.79 Å². The zero-order chi connectivity index (χ0) is 11.6. The van der Waals surface area contributed by atoms with E-state index < -0.39 is 6.10 Å². The first-order valence-corrected chi connectivity index (χ1v) is 5.05. The van der Waals surface area contributed by atoms with E-state index in [1.54, 1.807) is 13.0 Å². The molecule has 2 atom stereocenters. The number of carbonyl (C=O) groups excluding carboxylic acids is 1. The van der Waals surface area contributed by atoms with E-state index in [4.69, 9.17) is 5.11 Å². The van der Waals surface area contributed by atoms with Crippen molar-refractivity contribution in [2.24, 2.45) is 5.92 Å². The number of carbonyl (C=O) groups is 1. The molecule has 1 unspecified atom stereocenters. The van der Waals surface area contributed by atoms with Crippen LogP contribution >= 0.6 is 0 Å². The van der Waals surface area contributed by atoms with Crippen molar-refractivity contribution in [3.05, 3.63) is 12.7 Å². The van der Waals surface area contributed by atoms with Gasteiger partial charge >= 0.3 is 5.97 Å². The lowest BCUT2D eigenvalue weighted by molar-refractivity contribution is -0.159. The van der Waals surface area contributed by atoms with Gasteiger partial charge in [0.2, 0.25) is 0 Å². The zero-order valence-electron chi connectivity index (χ0n) is 9.62. The van der Waals surface area contributed by atoms with Crippen LogP contribution in [0.1, 0.15) is 34.1 Å². The number of rotatable bonds is 0. The zero-order valence-corrected chi connectivity index (χ0v) is 9.62. The first-order chi connectivity index (χ1) is 6.63. The lowest BCUT2D eigenvalue weighted by Gasteiger charge is -2.22. The Hall–Kier alpha value is -0.830. The Morgan fingerprint density at radius 3 is 2.29 bits per heavy atom. The Labute approximate surface area is 86.8 Å². The van der Waals surface area contributed by atoms with Crippen molar-refractivity contribution < 1.29 is 14.6 Å². The monoisotopic (exact) mass is 202 g/mol. The molecule has 1 fully saturated rings. The molecule has 0 aliphatic carbocycles. The van der Waals surface area contributed by atoms with Crippen molar-refractivity contribution in [3.63, 3.8) is 0 Å². The molecule has 0 amide bonds. The van der Waals surface area contributed by atoms with Crippen LogP contribution in [-0.4, -0.2) is 23.8 Å². The molecule has 84 valence electrons. The molecule has 3 nitrogen and oxygen atoms in total. The summed E-state index contributed by atoms with van der Waals surface area (Å²) in [5.41, 5.74) is 0. The van der Waals surface area contributed by atoms with Crippen molar-refractivity contribution in [2.75, 3.05) is 6.61 Å². The summed E-state index contributed by atoms with van der Waals surface area (Å²) < 4.78 is 4.66. The predicted molar refractivity (Wildman–Crippen MR) is 58.0 cm³/mol. The number of cyclic esters (lactones) is 1. The summed E-state index contributed by atoms with van der Waals surface area (Å²) in [6.45, 7) is 11.3. The number of hydrogen-bond donors (Lipinski definition) is 1. The fourth-order valence-corrected chi connectivity index (χ4v) is 0.819. The maximum atomic E-state index is 10.6. The highest BCUT2D eigenvalue weighted by molar-refractivity contribution is 5.73. The molecular formula is C11H22O3. The topological polar surface area (TPSA) is 46.5 Å². The van der Waals surface area contributed by atoms with Gasteiger partial charge in [0.25, 0.3) is 0 Å². The minimum Gasteiger partial charge on any atom is -0.465 e. The van der Waals surface area contributed by atoms with Crippen LogP contribution in [0.3, 0.4) is 0 Å². The van der Waals surface area contributed by atoms with Gasteiger partial charge in [0.15, 0.2) is 0 Å². The smallest absolute Gasteiger partial charge is 0.311 e. The molecule has 1 aliphatic heterocycles. The molecule has 0 radical (unpaired) electrons. The minimum absolute atomic E-state index is 0.284. The summed E-state index contributed by atoms with van der Waals surface area (Å²) in [7, 11) is 0. The highest BCUT2D eigenvalue weighted by Gasteiger charge is 2.27. The lowest BCUT2D eigenvalue weighted by atomic mass is 10.0. The van der Waals surface area contributed by atoms with Crippen molar-refractivity contribution in [1.82, 2.24) is 0 Å². The molecule has 0 saturated carbocycles. The highest BCUT2D eigenvalue weighted by Crippen LogP contribution is 2.14. The first-order valence-electron chi connectivity index (χ1n) is 5.05. The molecular weight excluding hydrogens is 180 g/mol. The van der Waals surface area contributed by atoms with Crippen LogP contribution < -0.4 is 0 Å². The van der Waals surface area contributed by atoms with Gasteiger partial charge in [0.1, 0.15) is 0 Å². The standard InChI is InChI=1S/C6H10O3.C3H6.C2H6/c1-4-5(7)2-3-9-6(4)8;1-3-2;1-2/h4-5,7H,2-3H2,1H3;3H,1H2,2H3;1-2H3/t4?,5-;;/m1../s1. The van der Waals surface area contributed by atoms with Gasteiger partial charge in [-0.25, -0.2) is 0 Å². The summed E-state index contributed by atoms with van der Waals surface area (Å²) in [5, 5.41) is 9.05. The van der Waals surface area contributed by atoms with Gasteiger partial charge in [0, 0.05) is 6.42 Å². The van der Waals surface area contributed by atoms with Gasteiger partial charge in [-0.15, -0.1) is 6.58 Å². The Morgan fingerprint density at radius 2 is 2.00 bits per heavy atom. The number of hydrogen-bond acceptors (Lipinski definition) is 3. The molecule has 0 aromatic heterocycles. The second-order valence-electron chi connectivity index (χ2n) is 2.72. The Bertz CT molecular complexity index is 155. The third kappa shape index (κ3) is 6.66. The molecule has 0 bridgehead atoms. The van der Waals surface area contributed by atoms with Crippen LogP contribution in [-0.2, 0) is 9.53 Å². The van der Waals surface area contributed by atoms with Crippen molar-refractivity contribution in [2.45, 2.75) is 40.2 Å². The summed E-state index contributed by atoms with van der Waals surface area (Å²) in [6.07, 6.45) is 1.83. The average Bonchev–Trinajstić information content (AvgIpc) is 2.19. The Kier molecular flexibility index (Phi) is 11.4. The predicted octanol–water partition coefficient (Wildman–Crippen LogP) is 2.15. The number of allylic oxidation sites excluding steroid dienone is 1. The molecule has 1 saturated heterocycles. The highest BCUT2D eigenvalue weighted by atomic mass is 16.5. The van der Waals surface area contributed by atoms with Crippen molar-refractivity contribution in [1.29, 1.82) is 0 Å². The number of aliphatic hydroxyl groups excluding tert-OH is 1. The van der Waals surface area contributed by atoms with Crippen LogP contribution in [0.25, 0.3) is 0 Å². The summed E-state index contributed by atoms with van der Waals surface area (Å²) >= 11 is 0. The summed E-state index contributed by atoms with van der Waals surface area (Å²) in [4.78, 5) is 10.6. The quantitative estimate of drug-likeness (QED) is 0.483. The normalized spacial score (nSPS) is 24.5. The molecule has 0 aromatic rings. The maximum absolute atomic E-state index is 10.6. The number of ether oxygens (including phenoxy) is 1. The van der Waals surface area contributed by atoms with E-state index in [1.807, 2.05) is 20.8 Å². The molecule has 3 heteroatoms. The van der Waals surface area contributed by atoms with Crippen LogP contribution in [0.5, 0.6) is 0 Å². The van der Waals surface area contributed by atoms with E-state index >= 15 is 0 Å². The summed E-state index contributed by atoms with van der Waals surface area (Å²) in [5.74, 6) is -0.618. The molecule has 0 spiro atoms. The third-order valence-electron chi connectivity index (χ3n) is 1.61. The van der Waals surface area contributed by atoms with E-state index in [0.717, 1.165) is 0 Å². The van der Waals surface area contributed by atoms with Crippen LogP contribution in [0.2, 0.25) is 0 Å². The number of esters is 1. The van der Waals surface area contributed by atoms with Gasteiger partial charge in [-0.1, -0.05) is 19.9 Å². The lowest BCUT2D eigenvalue weighted by Crippen LogP contribution is -2.34. The second-order valence-corrected chi connectivity index (χ2v) is 2.72.